The van der Waals surface area contributed by atoms with Crippen molar-refractivity contribution in [2.24, 2.45) is 0 Å². The zero-order valence-corrected chi connectivity index (χ0v) is 11.9. The molecule has 0 heterocycles. The molecular formula is CaNa3+5. The van der Waals surface area contributed by atoms with Crippen LogP contribution in [0.4, 0.5) is 0 Å². The van der Waals surface area contributed by atoms with Gasteiger partial charge in [0.2, 0.25) is 0 Å². The third kappa shape index (κ3) is 9.54. The van der Waals surface area contributed by atoms with Crippen LogP contribution in [0.1, 0.15) is 0 Å². The SMILES string of the molecule is [Ca+2].[Na+].[Na+].[Na+]. The van der Waals surface area contributed by atoms with Gasteiger partial charge >= 0.3 is 126 Å². The van der Waals surface area contributed by atoms with Gasteiger partial charge in [-0.2, -0.15) is 0 Å². The molecule has 0 atom stereocenters. The summed E-state index contributed by atoms with van der Waals surface area (Å²) in [7, 11) is 0. The van der Waals surface area contributed by atoms with E-state index < -0.39 is 0 Å². The molecule has 0 aliphatic heterocycles. The van der Waals surface area contributed by atoms with Crippen LogP contribution in [0.15, 0.2) is 0 Å². The summed E-state index contributed by atoms with van der Waals surface area (Å²) in [5.74, 6) is 0. The normalized spacial score (nSPS) is 0. The largest absolute Gasteiger partial charge is 2.00 e. The maximum Gasteiger partial charge on any atom is 2.00 e. The minimum Gasteiger partial charge on any atom is 1.00 e. The maximum absolute atomic E-state index is 0. The molecule has 0 saturated carbocycles. The molecule has 0 aliphatic carbocycles. The summed E-state index contributed by atoms with van der Waals surface area (Å²) < 4.78 is 0. The Bertz CT molecular complexity index is 3.25. The predicted molar refractivity (Wildman–Crippen MR) is 5.75 cm³/mol. The minimum atomic E-state index is 0. The summed E-state index contributed by atoms with van der Waals surface area (Å²) in [5.41, 5.74) is 0. The summed E-state index contributed by atoms with van der Waals surface area (Å²) in [5, 5.41) is 0. The van der Waals surface area contributed by atoms with E-state index in [2.05, 4.69) is 0 Å². The molecule has 0 amide bonds. The van der Waals surface area contributed by atoms with Crippen molar-refractivity contribution in [3.05, 3.63) is 0 Å². The van der Waals surface area contributed by atoms with Crippen LogP contribution >= 0.6 is 0 Å². The Morgan fingerprint density at radius 2 is 0.500 bits per heavy atom. The van der Waals surface area contributed by atoms with Gasteiger partial charge < -0.3 is 0 Å². The van der Waals surface area contributed by atoms with E-state index >= 15 is 0 Å². The summed E-state index contributed by atoms with van der Waals surface area (Å²) >= 11 is 0. The Balaban J connectivity index is 0. The van der Waals surface area contributed by atoms with Gasteiger partial charge in [0, 0.05) is 0 Å². The van der Waals surface area contributed by atoms with Crippen molar-refractivity contribution in [1.82, 2.24) is 0 Å². The first kappa shape index (κ1) is 24.0. The fourth-order valence-corrected chi connectivity index (χ4v) is 0. The zero-order chi connectivity index (χ0) is 0. The average Bonchev–Trinajstić information content (AvgIpc) is 0. The van der Waals surface area contributed by atoms with Crippen LogP contribution in [0.2, 0.25) is 0 Å². The zero-order valence-electron chi connectivity index (χ0n) is 3.71. The fraction of sp³-hybridized carbons (Fsp3) is 0. The van der Waals surface area contributed by atoms with Gasteiger partial charge in [0.1, 0.15) is 0 Å². The first-order chi connectivity index (χ1) is 0. The van der Waals surface area contributed by atoms with E-state index in [1.807, 2.05) is 0 Å². The Labute approximate surface area is 123 Å². The molecule has 0 valence electrons. The number of hydrogen-bond donors (Lipinski definition) is 0. The molecular weight excluding hydrogens is 109 g/mol. The fourth-order valence-electron chi connectivity index (χ4n) is 0. The molecule has 0 fully saturated rings. The molecule has 0 aromatic heterocycles. The summed E-state index contributed by atoms with van der Waals surface area (Å²) in [6, 6.07) is 0. The standard InChI is InChI=1S/Ca.3Na/q+2;3*+1. The van der Waals surface area contributed by atoms with Crippen molar-refractivity contribution in [3.63, 3.8) is 0 Å². The van der Waals surface area contributed by atoms with Crippen molar-refractivity contribution < 1.29 is 88.7 Å². The van der Waals surface area contributed by atoms with Gasteiger partial charge in [-0.3, -0.25) is 0 Å². The van der Waals surface area contributed by atoms with Gasteiger partial charge in [0.25, 0.3) is 0 Å². The number of rotatable bonds is 0. The average molecular weight is 109 g/mol. The van der Waals surface area contributed by atoms with Crippen LogP contribution < -0.4 is 88.7 Å². The smallest absolute Gasteiger partial charge is 1.00 e. The topological polar surface area (TPSA) is 0 Å². The third-order valence-electron chi connectivity index (χ3n) is 0. The van der Waals surface area contributed by atoms with Crippen molar-refractivity contribution in [2.45, 2.75) is 0 Å². The molecule has 0 aromatic rings. The monoisotopic (exact) mass is 109 g/mol. The van der Waals surface area contributed by atoms with E-state index in [0.717, 1.165) is 0 Å². The van der Waals surface area contributed by atoms with E-state index in [4.69, 9.17) is 0 Å². The van der Waals surface area contributed by atoms with Gasteiger partial charge in [0.15, 0.2) is 0 Å². The quantitative estimate of drug-likeness (QED) is 0.271. The molecule has 0 bridgehead atoms. The maximum atomic E-state index is 0. The molecule has 0 N–H and O–H groups in total. The van der Waals surface area contributed by atoms with Crippen LogP contribution in [0.5, 0.6) is 0 Å². The summed E-state index contributed by atoms with van der Waals surface area (Å²) in [6.45, 7) is 0. The van der Waals surface area contributed by atoms with Gasteiger partial charge in [-0.15, -0.1) is 0 Å². The van der Waals surface area contributed by atoms with Crippen molar-refractivity contribution in [1.29, 1.82) is 0 Å². The second-order valence-electron chi connectivity index (χ2n) is 0. The first-order valence-corrected chi connectivity index (χ1v) is 0. The predicted octanol–water partition coefficient (Wildman–Crippen LogP) is -9.37. The Kier molecular flexibility index (Phi) is 94.0. The second-order valence-corrected chi connectivity index (χ2v) is 0. The second kappa shape index (κ2) is 15.7. The number of hydrogen-bond acceptors (Lipinski definition) is 0. The van der Waals surface area contributed by atoms with Crippen LogP contribution in [-0.4, -0.2) is 37.7 Å². The Morgan fingerprint density at radius 1 is 0.500 bits per heavy atom. The molecule has 0 aromatic carbocycles. The summed E-state index contributed by atoms with van der Waals surface area (Å²) in [6.07, 6.45) is 0. The van der Waals surface area contributed by atoms with Crippen LogP contribution in [0.3, 0.4) is 0 Å². The van der Waals surface area contributed by atoms with Gasteiger partial charge in [0.05, 0.1) is 0 Å². The van der Waals surface area contributed by atoms with Crippen molar-refractivity contribution in [2.75, 3.05) is 0 Å². The van der Waals surface area contributed by atoms with E-state index in [9.17, 15) is 0 Å². The van der Waals surface area contributed by atoms with E-state index in [0.29, 0.717) is 0 Å². The van der Waals surface area contributed by atoms with Gasteiger partial charge in [-0.05, 0) is 0 Å². The van der Waals surface area contributed by atoms with E-state index in [-0.39, 0.29) is 126 Å². The molecule has 0 nitrogen and oxygen atoms in total. The van der Waals surface area contributed by atoms with E-state index in [1.165, 1.54) is 0 Å². The molecule has 0 rings (SSSR count). The van der Waals surface area contributed by atoms with Gasteiger partial charge in [-0.1, -0.05) is 0 Å². The van der Waals surface area contributed by atoms with Gasteiger partial charge in [-0.25, -0.2) is 0 Å². The molecule has 0 saturated heterocycles. The Morgan fingerprint density at radius 3 is 0.500 bits per heavy atom. The Hall–Kier alpha value is 4.26. The van der Waals surface area contributed by atoms with Crippen molar-refractivity contribution in [3.8, 4) is 0 Å². The molecule has 4 heavy (non-hydrogen) atoms. The third-order valence-corrected chi connectivity index (χ3v) is 0. The summed E-state index contributed by atoms with van der Waals surface area (Å²) in [4.78, 5) is 0. The van der Waals surface area contributed by atoms with Crippen LogP contribution in [0.25, 0.3) is 0 Å². The first-order valence-electron chi connectivity index (χ1n) is 0. The van der Waals surface area contributed by atoms with Crippen LogP contribution in [0, 0.1) is 0 Å². The molecule has 0 aliphatic rings. The molecule has 0 unspecified atom stereocenters. The van der Waals surface area contributed by atoms with E-state index in [1.54, 1.807) is 0 Å². The van der Waals surface area contributed by atoms with Crippen molar-refractivity contribution >= 4 is 37.7 Å². The molecule has 0 radical (unpaired) electrons. The minimum absolute atomic E-state index is 0. The molecule has 0 spiro atoms. The molecule has 4 heteroatoms. The van der Waals surface area contributed by atoms with Crippen LogP contribution in [-0.2, 0) is 0 Å².